The molecule has 2 rings (SSSR count). The van der Waals surface area contributed by atoms with E-state index in [1.807, 2.05) is 19.1 Å². The minimum atomic E-state index is -0.364. The first-order valence-electron chi connectivity index (χ1n) is 5.20. The van der Waals surface area contributed by atoms with Crippen LogP contribution in [0.5, 0.6) is 0 Å². The number of hydrogen-bond acceptors (Lipinski definition) is 2. The summed E-state index contributed by atoms with van der Waals surface area (Å²) in [5, 5.41) is 9.45. The van der Waals surface area contributed by atoms with Crippen LogP contribution in [0.1, 0.15) is 15.9 Å². The van der Waals surface area contributed by atoms with Gasteiger partial charge in [-0.2, -0.15) is 9.72 Å². The summed E-state index contributed by atoms with van der Waals surface area (Å²) in [5.74, 6) is -0.364. The fourth-order valence-electron chi connectivity index (χ4n) is 1.49. The Morgan fingerprint density at radius 1 is 1.18 bits per heavy atom. The van der Waals surface area contributed by atoms with Crippen molar-refractivity contribution in [1.82, 2.24) is 4.73 Å². The van der Waals surface area contributed by atoms with Crippen molar-refractivity contribution < 1.29 is 10.0 Å². The van der Waals surface area contributed by atoms with Crippen LogP contribution in [0.25, 0.3) is 0 Å². The summed E-state index contributed by atoms with van der Waals surface area (Å²) < 4.78 is 0.816. The maximum Gasteiger partial charge on any atom is 0.279 e. The Hall–Kier alpha value is -2.36. The molecule has 1 aromatic heterocycles. The van der Waals surface area contributed by atoms with Crippen LogP contribution >= 0.6 is 0 Å². The number of hydrogen-bond donors (Lipinski definition) is 1. The van der Waals surface area contributed by atoms with E-state index in [-0.39, 0.29) is 11.4 Å². The van der Waals surface area contributed by atoms with Gasteiger partial charge in [-0.25, -0.2) is 0 Å². The second-order valence-corrected chi connectivity index (χ2v) is 3.64. The maximum atomic E-state index is 11.9. The molecule has 0 atom stereocenters. The third-order valence-electron chi connectivity index (χ3n) is 2.41. The van der Waals surface area contributed by atoms with Crippen molar-refractivity contribution >= 4 is 5.91 Å². The molecule has 0 radical (unpaired) electrons. The van der Waals surface area contributed by atoms with Gasteiger partial charge in [0, 0.05) is 11.8 Å². The highest BCUT2D eigenvalue weighted by Crippen LogP contribution is 2.07. The Bertz CT molecular complexity index is 615. The van der Waals surface area contributed by atoms with E-state index >= 15 is 0 Å². The summed E-state index contributed by atoms with van der Waals surface area (Å²) >= 11 is 0. The van der Waals surface area contributed by atoms with Crippen LogP contribution in [0.3, 0.4) is 0 Å². The van der Waals surface area contributed by atoms with E-state index in [9.17, 15) is 10.0 Å². The minimum Gasteiger partial charge on any atom is -0.427 e. The normalized spacial score (nSPS) is 11.5. The zero-order chi connectivity index (χ0) is 12.3. The third kappa shape index (κ3) is 2.42. The van der Waals surface area contributed by atoms with E-state index < -0.39 is 0 Å². The average molecular weight is 228 g/mol. The van der Waals surface area contributed by atoms with Gasteiger partial charge in [-0.3, -0.25) is 4.79 Å². The van der Waals surface area contributed by atoms with Gasteiger partial charge in [-0.05, 0) is 30.7 Å². The van der Waals surface area contributed by atoms with Crippen LogP contribution < -0.4 is 5.49 Å². The van der Waals surface area contributed by atoms with Gasteiger partial charge in [-0.15, -0.1) is 0 Å². The first kappa shape index (κ1) is 11.1. The maximum absolute atomic E-state index is 11.9. The molecule has 0 saturated carbocycles. The smallest absolute Gasteiger partial charge is 0.279 e. The number of carbonyl (C=O) groups excluding carboxylic acids is 1. The lowest BCUT2D eigenvalue weighted by Crippen LogP contribution is -2.19. The summed E-state index contributed by atoms with van der Waals surface area (Å²) in [7, 11) is 0. The van der Waals surface area contributed by atoms with Crippen molar-refractivity contribution in [2.75, 3.05) is 0 Å². The Labute approximate surface area is 98.5 Å². The summed E-state index contributed by atoms with van der Waals surface area (Å²) in [6.45, 7) is 1.85. The first-order chi connectivity index (χ1) is 8.18. The van der Waals surface area contributed by atoms with Gasteiger partial charge in [0.15, 0.2) is 5.49 Å². The SMILES string of the molecule is Cc1ccccc1C(=O)N=c1ccccn1O. The van der Waals surface area contributed by atoms with Gasteiger partial charge in [0.05, 0.1) is 0 Å². The molecule has 1 heterocycles. The fraction of sp³-hybridized carbons (Fsp3) is 0.0769. The number of aryl methyl sites for hydroxylation is 1. The summed E-state index contributed by atoms with van der Waals surface area (Å²) in [5.41, 5.74) is 1.61. The first-order valence-corrected chi connectivity index (χ1v) is 5.20. The van der Waals surface area contributed by atoms with Gasteiger partial charge < -0.3 is 5.21 Å². The molecule has 0 aliphatic rings. The number of pyridine rings is 1. The van der Waals surface area contributed by atoms with Crippen molar-refractivity contribution in [2.24, 2.45) is 4.99 Å². The molecule has 17 heavy (non-hydrogen) atoms. The molecule has 4 heteroatoms. The molecule has 1 N–H and O–H groups in total. The molecule has 0 aliphatic heterocycles. The van der Waals surface area contributed by atoms with Crippen LogP contribution in [0, 0.1) is 6.92 Å². The quantitative estimate of drug-likeness (QED) is 0.756. The van der Waals surface area contributed by atoms with Crippen LogP contribution in [-0.2, 0) is 0 Å². The minimum absolute atomic E-state index is 0.209. The fourth-order valence-corrected chi connectivity index (χ4v) is 1.49. The lowest BCUT2D eigenvalue weighted by atomic mass is 10.1. The van der Waals surface area contributed by atoms with Crippen LogP contribution in [0.2, 0.25) is 0 Å². The van der Waals surface area contributed by atoms with Gasteiger partial charge >= 0.3 is 0 Å². The van der Waals surface area contributed by atoms with Crippen LogP contribution in [0.4, 0.5) is 0 Å². The molecular formula is C13H12N2O2. The van der Waals surface area contributed by atoms with Crippen molar-refractivity contribution in [2.45, 2.75) is 6.92 Å². The summed E-state index contributed by atoms with van der Waals surface area (Å²) in [4.78, 5) is 15.8. The van der Waals surface area contributed by atoms with Gasteiger partial charge in [0.25, 0.3) is 5.91 Å². The highest BCUT2D eigenvalue weighted by molar-refractivity contribution is 5.96. The predicted octanol–water partition coefficient (Wildman–Crippen LogP) is 1.77. The predicted molar refractivity (Wildman–Crippen MR) is 62.7 cm³/mol. The van der Waals surface area contributed by atoms with E-state index in [1.54, 1.807) is 30.3 Å². The molecule has 2 aromatic rings. The van der Waals surface area contributed by atoms with Crippen LogP contribution in [-0.4, -0.2) is 15.8 Å². The molecule has 86 valence electrons. The highest BCUT2D eigenvalue weighted by atomic mass is 16.5. The highest BCUT2D eigenvalue weighted by Gasteiger charge is 2.06. The molecule has 1 amide bonds. The van der Waals surface area contributed by atoms with E-state index in [2.05, 4.69) is 4.99 Å². The largest absolute Gasteiger partial charge is 0.427 e. The molecule has 0 aliphatic carbocycles. The Morgan fingerprint density at radius 2 is 1.88 bits per heavy atom. The second kappa shape index (κ2) is 4.65. The van der Waals surface area contributed by atoms with Crippen molar-refractivity contribution in [3.05, 3.63) is 65.3 Å². The molecule has 0 fully saturated rings. The number of carbonyl (C=O) groups is 1. The molecule has 4 nitrogen and oxygen atoms in total. The number of nitrogens with zero attached hydrogens (tertiary/aromatic N) is 2. The monoisotopic (exact) mass is 228 g/mol. The van der Waals surface area contributed by atoms with Gasteiger partial charge in [0.1, 0.15) is 0 Å². The zero-order valence-electron chi connectivity index (χ0n) is 9.37. The molecule has 0 saturated heterocycles. The molecule has 0 bridgehead atoms. The van der Waals surface area contributed by atoms with Crippen LogP contribution in [0.15, 0.2) is 53.7 Å². The van der Waals surface area contributed by atoms with E-state index in [0.29, 0.717) is 5.56 Å². The summed E-state index contributed by atoms with van der Waals surface area (Å²) in [6, 6.07) is 12.1. The number of benzene rings is 1. The third-order valence-corrected chi connectivity index (χ3v) is 2.41. The lowest BCUT2D eigenvalue weighted by molar-refractivity contribution is 0.0987. The number of rotatable bonds is 1. The van der Waals surface area contributed by atoms with Gasteiger partial charge in [-0.1, -0.05) is 24.3 Å². The van der Waals surface area contributed by atoms with E-state index in [0.717, 1.165) is 10.3 Å². The van der Waals surface area contributed by atoms with Crippen molar-refractivity contribution in [3.8, 4) is 0 Å². The number of amides is 1. The zero-order valence-corrected chi connectivity index (χ0v) is 9.37. The summed E-state index contributed by atoms with van der Waals surface area (Å²) in [6.07, 6.45) is 1.42. The van der Waals surface area contributed by atoms with E-state index in [4.69, 9.17) is 0 Å². The Kier molecular flexibility index (Phi) is 3.05. The topological polar surface area (TPSA) is 54.6 Å². The lowest BCUT2D eigenvalue weighted by Gasteiger charge is -2.00. The molecule has 0 unspecified atom stereocenters. The van der Waals surface area contributed by atoms with Crippen molar-refractivity contribution in [1.29, 1.82) is 0 Å². The molecule has 0 spiro atoms. The Morgan fingerprint density at radius 3 is 2.59 bits per heavy atom. The second-order valence-electron chi connectivity index (χ2n) is 3.64. The number of aromatic nitrogens is 1. The Balaban J connectivity index is 2.45. The molecule has 1 aromatic carbocycles. The van der Waals surface area contributed by atoms with E-state index in [1.165, 1.54) is 6.20 Å². The molecular weight excluding hydrogens is 216 g/mol. The standard InChI is InChI=1S/C13H12N2O2/c1-10-6-2-3-7-11(10)13(16)14-12-8-4-5-9-15(12)17/h2-9,17H,1H3. The van der Waals surface area contributed by atoms with Gasteiger partial charge in [0.2, 0.25) is 0 Å². The van der Waals surface area contributed by atoms with Crippen molar-refractivity contribution in [3.63, 3.8) is 0 Å². The average Bonchev–Trinajstić information content (AvgIpc) is 2.32.